The molecule has 7 nitrogen and oxygen atoms in total. The average molecular weight is 474 g/mol. The molecule has 0 atom stereocenters. The maximum absolute atomic E-state index is 12.3. The maximum Gasteiger partial charge on any atom is 0.234 e. The van der Waals surface area contributed by atoms with Crippen LogP contribution in [0.1, 0.15) is 12.0 Å². The van der Waals surface area contributed by atoms with E-state index in [2.05, 4.69) is 27.2 Å². The number of carbonyl (C=O) groups is 1. The lowest BCUT2D eigenvalue weighted by Gasteiger charge is -2.34. The predicted molar refractivity (Wildman–Crippen MR) is 133 cm³/mol. The Morgan fingerprint density at radius 1 is 0.909 bits per heavy atom. The molecule has 8 heteroatoms. The Hall–Kier alpha value is -2.42. The van der Waals surface area contributed by atoms with Gasteiger partial charge in [-0.05, 0) is 30.4 Å². The molecule has 1 heterocycles. The fourth-order valence-electron chi connectivity index (χ4n) is 3.90. The summed E-state index contributed by atoms with van der Waals surface area (Å²) in [6.07, 6.45) is 0.965. The molecule has 33 heavy (non-hydrogen) atoms. The van der Waals surface area contributed by atoms with Crippen LogP contribution in [0.2, 0.25) is 0 Å². The molecule has 1 fully saturated rings. The Kier molecular flexibility index (Phi) is 10.2. The van der Waals surface area contributed by atoms with E-state index in [1.165, 1.54) is 4.90 Å². The number of nitrogens with one attached hydrogen (secondary N) is 1. The number of amides is 1. The number of hydrogen-bond acceptors (Lipinski definition) is 7. The zero-order valence-electron chi connectivity index (χ0n) is 19.8. The van der Waals surface area contributed by atoms with Gasteiger partial charge in [0.25, 0.3) is 0 Å². The fourth-order valence-corrected chi connectivity index (χ4v) is 4.77. The summed E-state index contributed by atoms with van der Waals surface area (Å²) in [5.74, 6) is 3.10. The molecule has 1 N–H and O–H groups in total. The number of piperazine rings is 1. The molecule has 2 aromatic carbocycles. The number of carbonyl (C=O) groups excluding carboxylic acids is 1. The lowest BCUT2D eigenvalue weighted by Crippen LogP contribution is -2.49. The molecular weight excluding hydrogens is 438 g/mol. The molecule has 0 saturated carbocycles. The van der Waals surface area contributed by atoms with Crippen LogP contribution in [0, 0.1) is 0 Å². The third-order valence-corrected chi connectivity index (χ3v) is 6.77. The van der Waals surface area contributed by atoms with Crippen LogP contribution in [0.5, 0.6) is 17.2 Å². The highest BCUT2D eigenvalue weighted by atomic mass is 32.2. The topological polar surface area (TPSA) is 63.3 Å². The van der Waals surface area contributed by atoms with Gasteiger partial charge in [0.2, 0.25) is 11.7 Å². The van der Waals surface area contributed by atoms with E-state index in [1.54, 1.807) is 21.3 Å². The molecule has 1 amide bonds. The largest absolute Gasteiger partial charge is 0.493 e. The lowest BCUT2D eigenvalue weighted by molar-refractivity contribution is -0.122. The van der Waals surface area contributed by atoms with Crippen molar-refractivity contribution in [3.63, 3.8) is 0 Å². The van der Waals surface area contributed by atoms with Gasteiger partial charge in [0.05, 0.1) is 27.9 Å². The van der Waals surface area contributed by atoms with Gasteiger partial charge in [0, 0.05) is 49.7 Å². The lowest BCUT2D eigenvalue weighted by atomic mass is 10.1. The first-order valence-corrected chi connectivity index (χ1v) is 12.3. The summed E-state index contributed by atoms with van der Waals surface area (Å²) >= 11 is 1.82. The molecule has 3 rings (SSSR count). The molecule has 0 unspecified atom stereocenters. The van der Waals surface area contributed by atoms with Gasteiger partial charge < -0.3 is 19.5 Å². The first-order valence-electron chi connectivity index (χ1n) is 11.3. The Morgan fingerprint density at radius 2 is 1.61 bits per heavy atom. The number of benzene rings is 2. The predicted octanol–water partition coefficient (Wildman–Crippen LogP) is 3.13. The number of rotatable bonds is 12. The van der Waals surface area contributed by atoms with Crippen molar-refractivity contribution in [2.45, 2.75) is 17.9 Å². The molecule has 0 radical (unpaired) electrons. The van der Waals surface area contributed by atoms with Gasteiger partial charge in [0.1, 0.15) is 0 Å². The number of hydrogen-bond donors (Lipinski definition) is 1. The quantitative estimate of drug-likeness (QED) is 0.375. The Bertz CT molecular complexity index is 873. The summed E-state index contributed by atoms with van der Waals surface area (Å²) in [4.78, 5) is 18.2. The van der Waals surface area contributed by atoms with Crippen LogP contribution in [0.25, 0.3) is 0 Å². The van der Waals surface area contributed by atoms with Crippen LogP contribution in [0.4, 0.5) is 0 Å². The minimum absolute atomic E-state index is 0.106. The van der Waals surface area contributed by atoms with Crippen molar-refractivity contribution in [2.75, 3.05) is 66.4 Å². The van der Waals surface area contributed by atoms with Crippen molar-refractivity contribution in [1.82, 2.24) is 15.1 Å². The van der Waals surface area contributed by atoms with Crippen molar-refractivity contribution in [2.24, 2.45) is 0 Å². The van der Waals surface area contributed by atoms with E-state index in [0.29, 0.717) is 23.8 Å². The van der Waals surface area contributed by atoms with Crippen LogP contribution in [-0.4, -0.2) is 82.1 Å². The summed E-state index contributed by atoms with van der Waals surface area (Å²) in [6, 6.07) is 14.3. The SMILES string of the molecule is COc1ccc(CN2CCN(CC(=O)NCCCSc3ccccc3)CC2)c(OC)c1OC. The minimum atomic E-state index is 0.106. The molecule has 1 aliphatic heterocycles. The first kappa shape index (κ1) is 25.2. The maximum atomic E-state index is 12.3. The van der Waals surface area contributed by atoms with E-state index < -0.39 is 0 Å². The van der Waals surface area contributed by atoms with E-state index in [9.17, 15) is 4.79 Å². The van der Waals surface area contributed by atoms with Crippen LogP contribution in [0.15, 0.2) is 47.4 Å². The molecule has 2 aromatic rings. The number of ether oxygens (including phenoxy) is 3. The molecule has 1 aliphatic rings. The second-order valence-corrected chi connectivity index (χ2v) is 9.08. The molecule has 0 spiro atoms. The Morgan fingerprint density at radius 3 is 2.27 bits per heavy atom. The standard InChI is InChI=1S/C25H35N3O4S/c1-30-22-11-10-20(24(31-2)25(22)32-3)18-27-13-15-28(16-14-27)19-23(29)26-12-7-17-33-21-8-5-4-6-9-21/h4-6,8-11H,7,12-19H2,1-3H3,(H,26,29). The first-order chi connectivity index (χ1) is 16.1. The summed E-state index contributed by atoms with van der Waals surface area (Å²) in [5.41, 5.74) is 1.06. The number of methoxy groups -OCH3 is 3. The van der Waals surface area contributed by atoms with Gasteiger partial charge in [-0.1, -0.05) is 24.3 Å². The average Bonchev–Trinajstić information content (AvgIpc) is 2.85. The van der Waals surface area contributed by atoms with E-state index in [0.717, 1.165) is 57.0 Å². The highest BCUT2D eigenvalue weighted by Gasteiger charge is 2.22. The second-order valence-electron chi connectivity index (χ2n) is 7.91. The van der Waals surface area contributed by atoms with Gasteiger partial charge in [0.15, 0.2) is 11.5 Å². The molecule has 0 aliphatic carbocycles. The van der Waals surface area contributed by atoms with Gasteiger partial charge in [-0.25, -0.2) is 0 Å². The highest BCUT2D eigenvalue weighted by Crippen LogP contribution is 2.40. The minimum Gasteiger partial charge on any atom is -0.493 e. The number of thioether (sulfide) groups is 1. The fraction of sp³-hybridized carbons (Fsp3) is 0.480. The van der Waals surface area contributed by atoms with Crippen molar-refractivity contribution in [3.8, 4) is 17.2 Å². The smallest absolute Gasteiger partial charge is 0.234 e. The Labute approximate surface area is 201 Å². The summed E-state index contributed by atoms with van der Waals surface area (Å²) in [6.45, 7) is 5.48. The van der Waals surface area contributed by atoms with Crippen molar-refractivity contribution < 1.29 is 19.0 Å². The van der Waals surface area contributed by atoms with Crippen LogP contribution in [0.3, 0.4) is 0 Å². The summed E-state index contributed by atoms with van der Waals surface area (Å²) in [7, 11) is 4.89. The normalized spacial score (nSPS) is 14.6. The highest BCUT2D eigenvalue weighted by molar-refractivity contribution is 7.99. The Balaban J connectivity index is 1.36. The van der Waals surface area contributed by atoms with Gasteiger partial charge >= 0.3 is 0 Å². The molecule has 0 bridgehead atoms. The summed E-state index contributed by atoms with van der Waals surface area (Å²) in [5, 5.41) is 3.06. The molecular formula is C25H35N3O4S. The molecule has 0 aromatic heterocycles. The van der Waals surface area contributed by atoms with E-state index >= 15 is 0 Å². The van der Waals surface area contributed by atoms with Gasteiger partial charge in [-0.15, -0.1) is 11.8 Å². The van der Waals surface area contributed by atoms with Crippen LogP contribution >= 0.6 is 11.8 Å². The van der Waals surface area contributed by atoms with Crippen LogP contribution < -0.4 is 19.5 Å². The third kappa shape index (κ3) is 7.55. The van der Waals surface area contributed by atoms with Crippen LogP contribution in [-0.2, 0) is 11.3 Å². The summed E-state index contributed by atoms with van der Waals surface area (Å²) < 4.78 is 16.5. The van der Waals surface area contributed by atoms with E-state index in [4.69, 9.17) is 14.2 Å². The third-order valence-electron chi connectivity index (χ3n) is 5.67. The molecule has 1 saturated heterocycles. The zero-order chi connectivity index (χ0) is 23.5. The number of nitrogens with zero attached hydrogens (tertiary/aromatic N) is 2. The van der Waals surface area contributed by atoms with E-state index in [1.807, 2.05) is 42.1 Å². The monoisotopic (exact) mass is 473 g/mol. The van der Waals surface area contributed by atoms with Crippen molar-refractivity contribution in [3.05, 3.63) is 48.0 Å². The van der Waals surface area contributed by atoms with Crippen molar-refractivity contribution in [1.29, 1.82) is 0 Å². The zero-order valence-corrected chi connectivity index (χ0v) is 20.7. The second kappa shape index (κ2) is 13.3. The molecule has 180 valence electrons. The van der Waals surface area contributed by atoms with Gasteiger partial charge in [-0.3, -0.25) is 14.6 Å². The van der Waals surface area contributed by atoms with E-state index in [-0.39, 0.29) is 5.91 Å². The van der Waals surface area contributed by atoms with Crippen molar-refractivity contribution >= 4 is 17.7 Å². The van der Waals surface area contributed by atoms with Gasteiger partial charge in [-0.2, -0.15) is 0 Å².